The third-order valence-corrected chi connectivity index (χ3v) is 7.02. The molecular formula is C20H27N5O2. The van der Waals surface area contributed by atoms with Crippen LogP contribution in [0.3, 0.4) is 0 Å². The lowest BCUT2D eigenvalue weighted by atomic mass is 9.46. The number of carbonyl (C=O) groups is 1. The van der Waals surface area contributed by atoms with Crippen LogP contribution in [0.25, 0.3) is 0 Å². The number of nitrogens with zero attached hydrogens (tertiary/aromatic N) is 4. The van der Waals surface area contributed by atoms with E-state index in [0.717, 1.165) is 24.3 Å². The maximum Gasteiger partial charge on any atom is 0.220 e. The molecule has 0 spiro atoms. The number of aryl methyl sites for hydroxylation is 1. The Kier molecular flexibility index (Phi) is 3.88. The van der Waals surface area contributed by atoms with Gasteiger partial charge < -0.3 is 9.84 Å². The van der Waals surface area contributed by atoms with Gasteiger partial charge in [0.25, 0.3) is 0 Å². The van der Waals surface area contributed by atoms with Gasteiger partial charge in [0.05, 0.1) is 17.8 Å². The first-order valence-electron chi connectivity index (χ1n) is 10.1. The van der Waals surface area contributed by atoms with Crippen LogP contribution in [0.1, 0.15) is 63.3 Å². The molecule has 0 saturated heterocycles. The molecule has 4 aliphatic carbocycles. The van der Waals surface area contributed by atoms with Gasteiger partial charge in [0, 0.05) is 12.5 Å². The van der Waals surface area contributed by atoms with Crippen LogP contribution in [0, 0.1) is 17.3 Å². The molecule has 7 nitrogen and oxygen atoms in total. The van der Waals surface area contributed by atoms with Crippen molar-refractivity contribution in [1.82, 2.24) is 25.2 Å². The van der Waals surface area contributed by atoms with E-state index in [0.29, 0.717) is 24.8 Å². The molecule has 2 unspecified atom stereocenters. The SMILES string of the molecule is CCc1cc(CNC(=O)CC23C[C@H]4C[C@@H](C2)CC(n2cncn2)(C4)C3)on1. The first kappa shape index (κ1) is 17.0. The van der Waals surface area contributed by atoms with Gasteiger partial charge in [-0.05, 0) is 62.2 Å². The van der Waals surface area contributed by atoms with E-state index in [2.05, 4.69) is 25.2 Å². The van der Waals surface area contributed by atoms with Gasteiger partial charge in [0.1, 0.15) is 12.7 Å². The lowest BCUT2D eigenvalue weighted by molar-refractivity contribution is -0.137. The largest absolute Gasteiger partial charge is 0.359 e. The summed E-state index contributed by atoms with van der Waals surface area (Å²) < 4.78 is 7.38. The highest BCUT2D eigenvalue weighted by atomic mass is 16.5. The van der Waals surface area contributed by atoms with Crippen molar-refractivity contribution in [2.24, 2.45) is 17.3 Å². The summed E-state index contributed by atoms with van der Waals surface area (Å²) in [4.78, 5) is 17.0. The van der Waals surface area contributed by atoms with Crippen LogP contribution < -0.4 is 5.32 Å². The molecule has 2 heterocycles. The third-order valence-electron chi connectivity index (χ3n) is 7.02. The second kappa shape index (κ2) is 6.17. The van der Waals surface area contributed by atoms with Crippen LogP contribution >= 0.6 is 0 Å². The van der Waals surface area contributed by atoms with E-state index in [1.165, 1.54) is 32.1 Å². The molecule has 4 saturated carbocycles. The zero-order valence-corrected chi connectivity index (χ0v) is 15.9. The Morgan fingerprint density at radius 3 is 2.81 bits per heavy atom. The third kappa shape index (κ3) is 2.97. The maximum atomic E-state index is 12.8. The number of amides is 1. The lowest BCUT2D eigenvalue weighted by Crippen LogP contribution is -2.57. The van der Waals surface area contributed by atoms with Crippen LogP contribution in [-0.4, -0.2) is 25.8 Å². The summed E-state index contributed by atoms with van der Waals surface area (Å²) in [5, 5.41) is 11.5. The van der Waals surface area contributed by atoms with Crippen molar-refractivity contribution < 1.29 is 9.32 Å². The summed E-state index contributed by atoms with van der Waals surface area (Å²) >= 11 is 0. The van der Waals surface area contributed by atoms with E-state index in [9.17, 15) is 4.79 Å². The molecule has 4 bridgehead atoms. The van der Waals surface area contributed by atoms with Crippen LogP contribution in [0.15, 0.2) is 23.2 Å². The molecule has 1 amide bonds. The zero-order chi connectivity index (χ0) is 18.5. The van der Waals surface area contributed by atoms with Crippen LogP contribution in [-0.2, 0) is 23.3 Å². The van der Waals surface area contributed by atoms with Crippen molar-refractivity contribution in [1.29, 1.82) is 0 Å². The number of nitrogens with one attached hydrogen (secondary N) is 1. The van der Waals surface area contributed by atoms with Crippen molar-refractivity contribution in [3.8, 4) is 0 Å². The highest BCUT2D eigenvalue weighted by molar-refractivity contribution is 5.76. The average Bonchev–Trinajstić information content (AvgIpc) is 3.30. The van der Waals surface area contributed by atoms with Gasteiger partial charge in [-0.25, -0.2) is 9.67 Å². The number of rotatable bonds is 6. The quantitative estimate of drug-likeness (QED) is 0.846. The molecule has 2 aromatic rings. The Morgan fingerprint density at radius 2 is 2.15 bits per heavy atom. The molecule has 0 radical (unpaired) electrons. The minimum absolute atomic E-state index is 0.0713. The molecule has 0 aromatic carbocycles. The molecule has 4 aliphatic rings. The lowest BCUT2D eigenvalue weighted by Gasteiger charge is -2.61. The van der Waals surface area contributed by atoms with Crippen molar-refractivity contribution in [3.05, 3.63) is 30.2 Å². The molecule has 4 fully saturated rings. The summed E-state index contributed by atoms with van der Waals surface area (Å²) in [6, 6.07) is 1.92. The molecular weight excluding hydrogens is 342 g/mol. The normalized spacial score (nSPS) is 34.1. The Labute approximate surface area is 158 Å². The molecule has 144 valence electrons. The van der Waals surface area contributed by atoms with Crippen molar-refractivity contribution in [2.75, 3.05) is 0 Å². The zero-order valence-electron chi connectivity index (χ0n) is 15.9. The highest BCUT2D eigenvalue weighted by Gasteiger charge is 2.59. The summed E-state index contributed by atoms with van der Waals surface area (Å²) in [6.07, 6.45) is 12.0. The number of carbonyl (C=O) groups excluding carboxylic acids is 1. The molecule has 0 aliphatic heterocycles. The van der Waals surface area contributed by atoms with E-state index in [1.807, 2.05) is 19.3 Å². The van der Waals surface area contributed by atoms with E-state index >= 15 is 0 Å². The highest BCUT2D eigenvalue weighted by Crippen LogP contribution is 2.65. The number of hydrogen-bond acceptors (Lipinski definition) is 5. The Morgan fingerprint density at radius 1 is 1.33 bits per heavy atom. The minimum atomic E-state index is 0.0713. The van der Waals surface area contributed by atoms with E-state index < -0.39 is 0 Å². The van der Waals surface area contributed by atoms with Gasteiger partial charge >= 0.3 is 0 Å². The maximum absolute atomic E-state index is 12.8. The second-order valence-corrected chi connectivity index (χ2v) is 9.12. The molecule has 4 atom stereocenters. The van der Waals surface area contributed by atoms with Crippen LogP contribution in [0.2, 0.25) is 0 Å². The van der Waals surface area contributed by atoms with Crippen molar-refractivity contribution in [3.63, 3.8) is 0 Å². The molecule has 27 heavy (non-hydrogen) atoms. The Hall–Kier alpha value is -2.18. The average molecular weight is 369 g/mol. The van der Waals surface area contributed by atoms with Crippen molar-refractivity contribution >= 4 is 5.91 Å². The van der Waals surface area contributed by atoms with Gasteiger partial charge in [0.2, 0.25) is 5.91 Å². The molecule has 6 rings (SSSR count). The number of aromatic nitrogens is 4. The van der Waals surface area contributed by atoms with E-state index in [1.54, 1.807) is 6.33 Å². The summed E-state index contributed by atoms with van der Waals surface area (Å²) in [7, 11) is 0. The Bertz CT molecular complexity index is 813. The monoisotopic (exact) mass is 369 g/mol. The van der Waals surface area contributed by atoms with E-state index in [4.69, 9.17) is 4.52 Å². The predicted molar refractivity (Wildman–Crippen MR) is 97.5 cm³/mol. The summed E-state index contributed by atoms with van der Waals surface area (Å²) in [5.41, 5.74) is 1.10. The fourth-order valence-electron chi connectivity index (χ4n) is 6.52. The number of hydrogen-bond donors (Lipinski definition) is 1. The minimum Gasteiger partial charge on any atom is -0.359 e. The van der Waals surface area contributed by atoms with E-state index in [-0.39, 0.29) is 16.9 Å². The van der Waals surface area contributed by atoms with Gasteiger partial charge in [-0.2, -0.15) is 5.10 Å². The van der Waals surface area contributed by atoms with Crippen LogP contribution in [0.5, 0.6) is 0 Å². The molecule has 1 N–H and O–H groups in total. The van der Waals surface area contributed by atoms with Crippen LogP contribution in [0.4, 0.5) is 0 Å². The smallest absolute Gasteiger partial charge is 0.220 e. The van der Waals surface area contributed by atoms with Gasteiger partial charge in [-0.1, -0.05) is 12.1 Å². The summed E-state index contributed by atoms with van der Waals surface area (Å²) in [5.74, 6) is 2.28. The first-order chi connectivity index (χ1) is 13.1. The molecule has 2 aromatic heterocycles. The predicted octanol–water partition coefficient (Wildman–Crippen LogP) is 2.83. The topological polar surface area (TPSA) is 85.8 Å². The van der Waals surface area contributed by atoms with Crippen molar-refractivity contribution in [2.45, 2.75) is 70.4 Å². The second-order valence-electron chi connectivity index (χ2n) is 9.12. The van der Waals surface area contributed by atoms with Gasteiger partial charge in [0.15, 0.2) is 5.76 Å². The fraction of sp³-hybridized carbons (Fsp3) is 0.700. The molecule has 7 heteroatoms. The van der Waals surface area contributed by atoms with Gasteiger partial charge in [-0.3, -0.25) is 4.79 Å². The first-order valence-corrected chi connectivity index (χ1v) is 10.1. The fourth-order valence-corrected chi connectivity index (χ4v) is 6.52. The Balaban J connectivity index is 1.29. The van der Waals surface area contributed by atoms with Gasteiger partial charge in [-0.15, -0.1) is 0 Å². The standard InChI is InChI=1S/C20H27N5O2/c1-2-16-4-17(27-24-16)10-22-18(26)9-19-5-14-3-15(6-19)8-20(7-14,11-19)25-13-21-12-23-25/h4,12-15H,2-3,5-11H2,1H3,(H,22,26)/t14-,15+,19?,20?. The summed E-state index contributed by atoms with van der Waals surface area (Å²) in [6.45, 7) is 2.46.